The van der Waals surface area contributed by atoms with Crippen molar-refractivity contribution in [2.24, 2.45) is 7.05 Å². The molecular weight excluding hydrogens is 418 g/mol. The topological polar surface area (TPSA) is 121 Å². The van der Waals surface area contributed by atoms with E-state index in [-0.39, 0.29) is 15.8 Å². The summed E-state index contributed by atoms with van der Waals surface area (Å²) in [4.78, 5) is 28.2. The van der Waals surface area contributed by atoms with Crippen LogP contribution in [0.3, 0.4) is 0 Å². The van der Waals surface area contributed by atoms with Crippen molar-refractivity contribution in [3.05, 3.63) is 56.0 Å². The van der Waals surface area contributed by atoms with Gasteiger partial charge in [0.15, 0.2) is 0 Å². The van der Waals surface area contributed by atoms with Crippen LogP contribution in [-0.4, -0.2) is 39.0 Å². The molecule has 1 saturated heterocycles. The molecule has 1 fully saturated rings. The fourth-order valence-corrected chi connectivity index (χ4v) is 5.78. The Morgan fingerprint density at radius 1 is 1.17 bits per heavy atom. The van der Waals surface area contributed by atoms with E-state index in [9.17, 15) is 18.0 Å². The van der Waals surface area contributed by atoms with Gasteiger partial charge in [-0.1, -0.05) is 24.4 Å². The number of aryl methyl sites for hydroxylation is 1. The van der Waals surface area contributed by atoms with E-state index in [2.05, 4.69) is 15.1 Å². The number of nitrogens with zero attached hydrogens (tertiary/aromatic N) is 3. The third-order valence-electron chi connectivity index (χ3n) is 5.15. The second-order valence-corrected chi connectivity index (χ2v) is 9.43. The van der Waals surface area contributed by atoms with Crippen molar-refractivity contribution in [2.75, 3.05) is 6.54 Å². The zero-order valence-corrected chi connectivity index (χ0v) is 17.3. The number of sulfonamides is 1. The Kier molecular flexibility index (Phi) is 5.09. The second-order valence-electron chi connectivity index (χ2n) is 7.13. The van der Waals surface area contributed by atoms with Crippen molar-refractivity contribution in [3.63, 3.8) is 0 Å². The molecule has 1 aliphatic rings. The minimum Gasteiger partial charge on any atom is -0.307 e. The summed E-state index contributed by atoms with van der Waals surface area (Å²) in [6.07, 6.45) is 4.76. The van der Waals surface area contributed by atoms with Crippen LogP contribution >= 0.6 is 11.6 Å². The SMILES string of the molecule is Cn1cc(Cl)c([C@H]2CCCCCN2S(=O)(=O)c2ccc3[nH]c(=O)[nH]c(=O)c3c2)n1. The quantitative estimate of drug-likeness (QED) is 0.648. The van der Waals surface area contributed by atoms with Gasteiger partial charge in [-0.2, -0.15) is 9.40 Å². The summed E-state index contributed by atoms with van der Waals surface area (Å²) in [6.45, 7) is 0.333. The summed E-state index contributed by atoms with van der Waals surface area (Å²) in [5.74, 6) is 0. The maximum absolute atomic E-state index is 13.5. The molecule has 4 rings (SSSR count). The van der Waals surface area contributed by atoms with Gasteiger partial charge in [-0.15, -0.1) is 0 Å². The molecule has 0 unspecified atom stereocenters. The molecule has 2 N–H and O–H groups in total. The average molecular weight is 438 g/mol. The molecular formula is C18H20ClN5O4S. The van der Waals surface area contributed by atoms with E-state index in [1.807, 2.05) is 0 Å². The highest BCUT2D eigenvalue weighted by atomic mass is 35.5. The van der Waals surface area contributed by atoms with E-state index in [1.54, 1.807) is 17.9 Å². The van der Waals surface area contributed by atoms with Gasteiger partial charge in [0, 0.05) is 19.8 Å². The zero-order chi connectivity index (χ0) is 20.8. The minimum atomic E-state index is -3.93. The highest BCUT2D eigenvalue weighted by Gasteiger charge is 2.36. The van der Waals surface area contributed by atoms with Crippen LogP contribution in [0, 0.1) is 0 Å². The van der Waals surface area contributed by atoms with Crippen LogP contribution in [0.5, 0.6) is 0 Å². The highest BCUT2D eigenvalue weighted by Crippen LogP contribution is 2.37. The molecule has 0 bridgehead atoms. The first-order chi connectivity index (χ1) is 13.8. The molecule has 154 valence electrons. The van der Waals surface area contributed by atoms with Crippen molar-refractivity contribution in [1.82, 2.24) is 24.1 Å². The number of hydrogen-bond acceptors (Lipinski definition) is 5. The van der Waals surface area contributed by atoms with E-state index in [4.69, 9.17) is 11.6 Å². The zero-order valence-electron chi connectivity index (χ0n) is 15.7. The van der Waals surface area contributed by atoms with Crippen LogP contribution in [0.15, 0.2) is 38.9 Å². The lowest BCUT2D eigenvalue weighted by Crippen LogP contribution is -2.35. The lowest BCUT2D eigenvalue weighted by molar-refractivity contribution is 0.321. The Balaban J connectivity index is 1.83. The molecule has 2 aromatic heterocycles. The van der Waals surface area contributed by atoms with Gasteiger partial charge in [-0.05, 0) is 31.0 Å². The number of benzene rings is 1. The van der Waals surface area contributed by atoms with Gasteiger partial charge in [0.05, 0.1) is 32.6 Å². The van der Waals surface area contributed by atoms with Gasteiger partial charge in [0.1, 0.15) is 0 Å². The van der Waals surface area contributed by atoms with Crippen molar-refractivity contribution in [3.8, 4) is 0 Å². The average Bonchev–Trinajstić information content (AvgIpc) is 2.85. The fourth-order valence-electron chi connectivity index (χ4n) is 3.79. The molecule has 0 amide bonds. The number of nitrogens with one attached hydrogen (secondary N) is 2. The number of rotatable bonds is 3. The van der Waals surface area contributed by atoms with Crippen LogP contribution in [0.1, 0.15) is 37.4 Å². The van der Waals surface area contributed by atoms with Crippen LogP contribution < -0.4 is 11.2 Å². The normalized spacial score (nSPS) is 18.8. The first-order valence-electron chi connectivity index (χ1n) is 9.24. The monoisotopic (exact) mass is 437 g/mol. The number of aromatic amines is 2. The Morgan fingerprint density at radius 2 is 1.97 bits per heavy atom. The predicted molar refractivity (Wildman–Crippen MR) is 109 cm³/mol. The van der Waals surface area contributed by atoms with E-state index in [0.717, 1.165) is 19.3 Å². The van der Waals surface area contributed by atoms with Gasteiger partial charge < -0.3 is 4.98 Å². The maximum Gasteiger partial charge on any atom is 0.326 e. The lowest BCUT2D eigenvalue weighted by atomic mass is 10.1. The molecule has 29 heavy (non-hydrogen) atoms. The second kappa shape index (κ2) is 7.43. The van der Waals surface area contributed by atoms with E-state index >= 15 is 0 Å². The number of halogens is 1. The van der Waals surface area contributed by atoms with E-state index < -0.39 is 27.3 Å². The molecule has 1 aromatic carbocycles. The van der Waals surface area contributed by atoms with Crippen molar-refractivity contribution < 1.29 is 8.42 Å². The predicted octanol–water partition coefficient (Wildman–Crippen LogP) is 1.91. The Hall–Kier alpha value is -2.43. The van der Waals surface area contributed by atoms with Gasteiger partial charge in [0.25, 0.3) is 5.56 Å². The minimum absolute atomic E-state index is 0.0125. The fraction of sp³-hybridized carbons (Fsp3) is 0.389. The van der Waals surface area contributed by atoms with Gasteiger partial charge >= 0.3 is 5.69 Å². The van der Waals surface area contributed by atoms with Crippen LogP contribution in [-0.2, 0) is 17.1 Å². The van der Waals surface area contributed by atoms with Gasteiger partial charge in [-0.25, -0.2) is 13.2 Å². The molecule has 0 spiro atoms. The largest absolute Gasteiger partial charge is 0.326 e. The Morgan fingerprint density at radius 3 is 2.69 bits per heavy atom. The Labute approximate surface area is 171 Å². The first-order valence-corrected chi connectivity index (χ1v) is 11.1. The molecule has 11 heteroatoms. The molecule has 0 aliphatic carbocycles. The van der Waals surface area contributed by atoms with Crippen molar-refractivity contribution >= 4 is 32.5 Å². The standard InChI is InChI=1S/C18H20ClN5O4S/c1-23-10-13(19)16(22-23)15-5-3-2-4-8-24(15)29(27,28)11-6-7-14-12(9-11)17(25)21-18(26)20-14/h6-7,9-10,15H,2-5,8H2,1H3,(H2,20,21,25,26)/t15-/m1/s1. The maximum atomic E-state index is 13.5. The summed E-state index contributed by atoms with van der Waals surface area (Å²) < 4.78 is 30.1. The van der Waals surface area contributed by atoms with Crippen LogP contribution in [0.2, 0.25) is 5.02 Å². The summed E-state index contributed by atoms with van der Waals surface area (Å²) >= 11 is 6.32. The first kappa shape index (κ1) is 19.9. The van der Waals surface area contributed by atoms with Gasteiger partial charge in [-0.3, -0.25) is 14.5 Å². The Bertz CT molecular complexity index is 1290. The van der Waals surface area contributed by atoms with Crippen LogP contribution in [0.25, 0.3) is 10.9 Å². The number of hydrogen-bond donors (Lipinski definition) is 2. The van der Waals surface area contributed by atoms with E-state index in [0.29, 0.717) is 23.7 Å². The van der Waals surface area contributed by atoms with Crippen molar-refractivity contribution in [2.45, 2.75) is 36.6 Å². The summed E-state index contributed by atoms with van der Waals surface area (Å²) in [5.41, 5.74) is -0.475. The number of aromatic nitrogens is 4. The lowest BCUT2D eigenvalue weighted by Gasteiger charge is -2.28. The summed E-state index contributed by atoms with van der Waals surface area (Å²) in [6, 6.07) is 3.64. The summed E-state index contributed by atoms with van der Waals surface area (Å²) in [7, 11) is -2.19. The third kappa shape index (κ3) is 3.63. The van der Waals surface area contributed by atoms with Crippen LogP contribution in [0.4, 0.5) is 0 Å². The number of fused-ring (bicyclic) bond motifs is 1. The summed E-state index contributed by atoms with van der Waals surface area (Å²) in [5, 5.41) is 4.92. The highest BCUT2D eigenvalue weighted by molar-refractivity contribution is 7.89. The smallest absolute Gasteiger partial charge is 0.307 e. The molecule has 0 radical (unpaired) electrons. The molecule has 1 aliphatic heterocycles. The molecule has 9 nitrogen and oxygen atoms in total. The van der Waals surface area contributed by atoms with Crippen molar-refractivity contribution in [1.29, 1.82) is 0 Å². The molecule has 3 heterocycles. The molecule has 3 aromatic rings. The molecule has 0 saturated carbocycles. The van der Waals surface area contributed by atoms with Gasteiger partial charge in [0.2, 0.25) is 10.0 Å². The van der Waals surface area contributed by atoms with E-state index in [1.165, 1.54) is 22.5 Å². The number of H-pyrrole nitrogens is 2. The third-order valence-corrected chi connectivity index (χ3v) is 7.34. The molecule has 1 atom stereocenters.